The van der Waals surface area contributed by atoms with Crippen LogP contribution in [0.4, 0.5) is 5.13 Å². The van der Waals surface area contributed by atoms with Crippen LogP contribution in [0.5, 0.6) is 0 Å². The molecule has 1 atom stereocenters. The summed E-state index contributed by atoms with van der Waals surface area (Å²) in [6.45, 7) is 11.4. The SMILES string of the molecule is CCN(c1nc(C2CC2)c(CNC(C)C)s1)C(C)COC. The molecule has 0 spiro atoms. The maximum Gasteiger partial charge on any atom is 0.186 e. The van der Waals surface area contributed by atoms with Crippen LogP contribution < -0.4 is 10.2 Å². The molecule has 1 aliphatic carbocycles. The highest BCUT2D eigenvalue weighted by Gasteiger charge is 2.31. The van der Waals surface area contributed by atoms with E-state index in [1.54, 1.807) is 7.11 Å². The largest absolute Gasteiger partial charge is 0.383 e. The molecule has 0 saturated heterocycles. The van der Waals surface area contributed by atoms with Crippen molar-refractivity contribution in [2.75, 3.05) is 25.2 Å². The second kappa shape index (κ2) is 7.56. The van der Waals surface area contributed by atoms with Crippen LogP contribution in [0, 0.1) is 0 Å². The number of hydrogen-bond donors (Lipinski definition) is 1. The first-order valence-corrected chi connectivity index (χ1v) is 8.87. The van der Waals surface area contributed by atoms with Crippen molar-refractivity contribution in [3.05, 3.63) is 10.6 Å². The van der Waals surface area contributed by atoms with Crippen LogP contribution >= 0.6 is 11.3 Å². The molecule has 1 aromatic heterocycles. The minimum atomic E-state index is 0.365. The van der Waals surface area contributed by atoms with Gasteiger partial charge in [0.2, 0.25) is 0 Å². The van der Waals surface area contributed by atoms with Gasteiger partial charge in [-0.15, -0.1) is 11.3 Å². The molecule has 0 radical (unpaired) electrons. The Morgan fingerprint density at radius 3 is 2.62 bits per heavy atom. The molecule has 0 aromatic carbocycles. The normalized spacial score (nSPS) is 16.5. The summed E-state index contributed by atoms with van der Waals surface area (Å²) in [5.74, 6) is 0.704. The standard InChI is InChI=1S/C16H29N3OS/c1-6-19(12(4)10-20-5)16-18-15(13-7-8-13)14(21-16)9-17-11(2)3/h11-13,17H,6-10H2,1-5H3. The Morgan fingerprint density at radius 1 is 1.38 bits per heavy atom. The smallest absolute Gasteiger partial charge is 0.186 e. The molecule has 2 rings (SSSR count). The van der Waals surface area contributed by atoms with Crippen LogP contribution in [-0.4, -0.2) is 37.3 Å². The van der Waals surface area contributed by atoms with Crippen molar-refractivity contribution in [2.45, 2.75) is 65.1 Å². The molecular weight excluding hydrogens is 282 g/mol. The molecule has 120 valence electrons. The first-order valence-electron chi connectivity index (χ1n) is 8.05. The summed E-state index contributed by atoms with van der Waals surface area (Å²) in [6.07, 6.45) is 2.61. The van der Waals surface area contributed by atoms with Gasteiger partial charge in [0.25, 0.3) is 0 Å². The topological polar surface area (TPSA) is 37.4 Å². The van der Waals surface area contributed by atoms with E-state index in [1.807, 2.05) is 11.3 Å². The molecule has 0 bridgehead atoms. The Balaban J connectivity index is 2.16. The van der Waals surface area contributed by atoms with E-state index in [-0.39, 0.29) is 0 Å². The first kappa shape index (κ1) is 16.7. The molecule has 4 nitrogen and oxygen atoms in total. The number of likely N-dealkylation sites (N-methyl/N-ethyl adjacent to an activating group) is 1. The summed E-state index contributed by atoms with van der Waals surface area (Å²) in [4.78, 5) is 8.75. The molecule has 1 heterocycles. The monoisotopic (exact) mass is 311 g/mol. The highest BCUT2D eigenvalue weighted by atomic mass is 32.1. The molecule has 5 heteroatoms. The van der Waals surface area contributed by atoms with Crippen molar-refractivity contribution >= 4 is 16.5 Å². The van der Waals surface area contributed by atoms with E-state index >= 15 is 0 Å². The third-order valence-corrected chi connectivity index (χ3v) is 4.99. The highest BCUT2D eigenvalue weighted by Crippen LogP contribution is 2.44. The number of aromatic nitrogens is 1. The van der Waals surface area contributed by atoms with Crippen molar-refractivity contribution < 1.29 is 4.74 Å². The zero-order valence-electron chi connectivity index (χ0n) is 14.0. The molecule has 1 unspecified atom stereocenters. The van der Waals surface area contributed by atoms with Crippen LogP contribution in [-0.2, 0) is 11.3 Å². The third-order valence-electron chi connectivity index (χ3n) is 3.88. The third kappa shape index (κ3) is 4.41. The molecule has 1 aliphatic rings. The molecule has 1 saturated carbocycles. The van der Waals surface area contributed by atoms with E-state index in [1.165, 1.54) is 23.4 Å². The highest BCUT2D eigenvalue weighted by molar-refractivity contribution is 7.15. The minimum absolute atomic E-state index is 0.365. The Bertz CT molecular complexity index is 443. The van der Waals surface area contributed by atoms with Crippen molar-refractivity contribution in [1.82, 2.24) is 10.3 Å². The molecule has 1 fully saturated rings. The van der Waals surface area contributed by atoms with Gasteiger partial charge >= 0.3 is 0 Å². The number of thiazole rings is 1. The van der Waals surface area contributed by atoms with Gasteiger partial charge in [0.15, 0.2) is 5.13 Å². The maximum atomic E-state index is 5.31. The van der Waals surface area contributed by atoms with E-state index in [2.05, 4.69) is 37.9 Å². The van der Waals surface area contributed by atoms with E-state index in [0.29, 0.717) is 18.0 Å². The Morgan fingerprint density at radius 2 is 2.10 bits per heavy atom. The van der Waals surface area contributed by atoms with Gasteiger partial charge in [0, 0.05) is 37.0 Å². The number of hydrogen-bond acceptors (Lipinski definition) is 5. The van der Waals surface area contributed by atoms with Crippen molar-refractivity contribution in [2.24, 2.45) is 0 Å². The maximum absolute atomic E-state index is 5.31. The summed E-state index contributed by atoms with van der Waals surface area (Å²) >= 11 is 1.85. The van der Waals surface area contributed by atoms with E-state index < -0.39 is 0 Å². The number of anilines is 1. The molecule has 1 aromatic rings. The molecule has 21 heavy (non-hydrogen) atoms. The van der Waals surface area contributed by atoms with Gasteiger partial charge in [0.05, 0.1) is 18.3 Å². The first-order chi connectivity index (χ1) is 10.1. The fourth-order valence-corrected chi connectivity index (χ4v) is 3.80. The zero-order valence-corrected chi connectivity index (χ0v) is 14.8. The molecule has 0 aliphatic heterocycles. The summed E-state index contributed by atoms with van der Waals surface area (Å²) in [5, 5.41) is 4.69. The quantitative estimate of drug-likeness (QED) is 0.758. The lowest BCUT2D eigenvalue weighted by Gasteiger charge is -2.26. The number of nitrogens with zero attached hydrogens (tertiary/aromatic N) is 2. The lowest BCUT2D eigenvalue weighted by Crippen LogP contribution is -2.36. The fourth-order valence-electron chi connectivity index (χ4n) is 2.54. The number of nitrogens with one attached hydrogen (secondary N) is 1. The van der Waals surface area contributed by atoms with E-state index in [0.717, 1.165) is 24.8 Å². The van der Waals surface area contributed by atoms with Crippen LogP contribution in [0.15, 0.2) is 0 Å². The second-order valence-corrected chi connectivity index (χ2v) is 7.27. The van der Waals surface area contributed by atoms with Gasteiger partial charge in [-0.3, -0.25) is 0 Å². The average molecular weight is 311 g/mol. The minimum Gasteiger partial charge on any atom is -0.383 e. The van der Waals surface area contributed by atoms with Gasteiger partial charge in [0.1, 0.15) is 0 Å². The molecule has 1 N–H and O–H groups in total. The second-order valence-electron chi connectivity index (χ2n) is 6.21. The summed E-state index contributed by atoms with van der Waals surface area (Å²) < 4.78 is 5.31. The van der Waals surface area contributed by atoms with Crippen molar-refractivity contribution in [3.8, 4) is 0 Å². The predicted molar refractivity (Wildman–Crippen MR) is 90.4 cm³/mol. The fraction of sp³-hybridized carbons (Fsp3) is 0.812. The average Bonchev–Trinajstić information content (AvgIpc) is 3.19. The summed E-state index contributed by atoms with van der Waals surface area (Å²) in [5.41, 5.74) is 1.34. The zero-order chi connectivity index (χ0) is 15.4. The van der Waals surface area contributed by atoms with Gasteiger partial charge < -0.3 is 15.0 Å². The van der Waals surface area contributed by atoms with Gasteiger partial charge in [-0.1, -0.05) is 13.8 Å². The number of rotatable bonds is 9. The van der Waals surface area contributed by atoms with E-state index in [9.17, 15) is 0 Å². The molecular formula is C16H29N3OS. The van der Waals surface area contributed by atoms with Crippen LogP contribution in [0.1, 0.15) is 57.0 Å². The van der Waals surface area contributed by atoms with Crippen LogP contribution in [0.25, 0.3) is 0 Å². The predicted octanol–water partition coefficient (Wildman–Crippen LogP) is 3.38. The van der Waals surface area contributed by atoms with Crippen molar-refractivity contribution in [3.63, 3.8) is 0 Å². The van der Waals surface area contributed by atoms with Gasteiger partial charge in [-0.05, 0) is 26.7 Å². The van der Waals surface area contributed by atoms with E-state index in [4.69, 9.17) is 9.72 Å². The lowest BCUT2D eigenvalue weighted by atomic mass is 10.2. The Hall–Kier alpha value is -0.650. The Kier molecular flexibility index (Phi) is 6.02. The van der Waals surface area contributed by atoms with Crippen LogP contribution in [0.2, 0.25) is 0 Å². The number of methoxy groups -OCH3 is 1. The Labute approximate surface area is 132 Å². The molecule has 0 amide bonds. The summed E-state index contributed by atoms with van der Waals surface area (Å²) in [6, 6.07) is 0.876. The lowest BCUT2D eigenvalue weighted by molar-refractivity contribution is 0.182. The van der Waals surface area contributed by atoms with Gasteiger partial charge in [-0.2, -0.15) is 0 Å². The van der Waals surface area contributed by atoms with Crippen molar-refractivity contribution in [1.29, 1.82) is 0 Å². The van der Waals surface area contributed by atoms with Crippen LogP contribution in [0.3, 0.4) is 0 Å². The van der Waals surface area contributed by atoms with Gasteiger partial charge in [-0.25, -0.2) is 4.98 Å². The summed E-state index contributed by atoms with van der Waals surface area (Å²) in [7, 11) is 1.76. The number of ether oxygens (including phenoxy) is 1.